The van der Waals surface area contributed by atoms with E-state index in [1.807, 2.05) is 25.9 Å². The molecule has 0 aromatic rings. The predicted octanol–water partition coefficient (Wildman–Crippen LogP) is 1.03. The summed E-state index contributed by atoms with van der Waals surface area (Å²) >= 11 is 0. The number of carbonyl (C=O) groups excluding carboxylic acids is 1. The van der Waals surface area contributed by atoms with E-state index in [1.54, 1.807) is 6.92 Å². The molecule has 0 saturated carbocycles. The summed E-state index contributed by atoms with van der Waals surface area (Å²) in [6.07, 6.45) is 1.47. The van der Waals surface area contributed by atoms with Crippen molar-refractivity contribution in [3.05, 3.63) is 11.8 Å². The van der Waals surface area contributed by atoms with E-state index in [-0.39, 0.29) is 5.97 Å². The SMILES string of the molecule is CCO/C=C(/CN(C)C)C(=O)OCC. The van der Waals surface area contributed by atoms with Crippen LogP contribution in [0.4, 0.5) is 0 Å². The highest BCUT2D eigenvalue weighted by Crippen LogP contribution is 2.00. The van der Waals surface area contributed by atoms with E-state index in [0.29, 0.717) is 25.3 Å². The quantitative estimate of drug-likeness (QED) is 0.365. The van der Waals surface area contributed by atoms with Gasteiger partial charge in [-0.15, -0.1) is 0 Å². The fourth-order valence-corrected chi connectivity index (χ4v) is 0.898. The molecule has 0 bridgehead atoms. The number of carbonyl (C=O) groups is 1. The van der Waals surface area contributed by atoms with Crippen molar-refractivity contribution in [1.29, 1.82) is 0 Å². The molecule has 0 unspecified atom stereocenters. The van der Waals surface area contributed by atoms with Crippen molar-refractivity contribution in [3.63, 3.8) is 0 Å². The molecule has 0 heterocycles. The van der Waals surface area contributed by atoms with Crippen molar-refractivity contribution >= 4 is 5.97 Å². The van der Waals surface area contributed by atoms with Gasteiger partial charge in [0.15, 0.2) is 0 Å². The summed E-state index contributed by atoms with van der Waals surface area (Å²) in [6, 6.07) is 0. The minimum absolute atomic E-state index is 0.311. The minimum atomic E-state index is -0.311. The molecule has 4 heteroatoms. The van der Waals surface area contributed by atoms with Crippen molar-refractivity contribution < 1.29 is 14.3 Å². The van der Waals surface area contributed by atoms with Crippen LogP contribution in [0.5, 0.6) is 0 Å². The van der Waals surface area contributed by atoms with Crippen LogP contribution in [0.2, 0.25) is 0 Å². The van der Waals surface area contributed by atoms with Gasteiger partial charge in [-0.25, -0.2) is 4.79 Å². The molecule has 0 spiro atoms. The monoisotopic (exact) mass is 201 g/mol. The van der Waals surface area contributed by atoms with Crippen LogP contribution in [-0.4, -0.2) is 44.7 Å². The van der Waals surface area contributed by atoms with Crippen molar-refractivity contribution in [3.8, 4) is 0 Å². The number of nitrogens with zero attached hydrogens (tertiary/aromatic N) is 1. The molecule has 4 nitrogen and oxygen atoms in total. The van der Waals surface area contributed by atoms with Gasteiger partial charge < -0.3 is 14.4 Å². The highest BCUT2D eigenvalue weighted by Gasteiger charge is 2.11. The number of ether oxygens (including phenoxy) is 2. The molecule has 0 aromatic carbocycles. The van der Waals surface area contributed by atoms with Crippen LogP contribution < -0.4 is 0 Å². The van der Waals surface area contributed by atoms with Gasteiger partial charge >= 0.3 is 5.97 Å². The first-order valence-corrected chi connectivity index (χ1v) is 4.74. The van der Waals surface area contributed by atoms with Crippen molar-refractivity contribution in [2.45, 2.75) is 13.8 Å². The second kappa shape index (κ2) is 7.38. The number of rotatable bonds is 6. The van der Waals surface area contributed by atoms with Crippen LogP contribution in [0.3, 0.4) is 0 Å². The maximum absolute atomic E-state index is 11.4. The first kappa shape index (κ1) is 13.0. The zero-order chi connectivity index (χ0) is 11.0. The molecule has 0 fully saturated rings. The Bertz CT molecular complexity index is 200. The van der Waals surface area contributed by atoms with Gasteiger partial charge in [-0.3, -0.25) is 0 Å². The Morgan fingerprint density at radius 3 is 2.36 bits per heavy atom. The van der Waals surface area contributed by atoms with Crippen LogP contribution in [0.15, 0.2) is 11.8 Å². The average molecular weight is 201 g/mol. The summed E-state index contributed by atoms with van der Waals surface area (Å²) in [6.45, 7) is 5.12. The largest absolute Gasteiger partial charge is 0.501 e. The molecule has 0 aliphatic heterocycles. The Kier molecular flexibility index (Phi) is 6.84. The Hall–Kier alpha value is -1.03. The molecule has 14 heavy (non-hydrogen) atoms. The summed E-state index contributed by atoms with van der Waals surface area (Å²) in [7, 11) is 3.78. The van der Waals surface area contributed by atoms with E-state index in [0.717, 1.165) is 0 Å². The summed E-state index contributed by atoms with van der Waals surface area (Å²) in [5.74, 6) is -0.311. The number of likely N-dealkylation sites (N-methyl/N-ethyl adjacent to an activating group) is 1. The summed E-state index contributed by atoms with van der Waals surface area (Å²) in [5, 5.41) is 0. The second-order valence-corrected chi connectivity index (χ2v) is 3.06. The molecule has 0 aliphatic carbocycles. The zero-order valence-corrected chi connectivity index (χ0v) is 9.37. The third kappa shape index (κ3) is 5.59. The van der Waals surface area contributed by atoms with Crippen LogP contribution in [0.1, 0.15) is 13.8 Å². The molecule has 0 aromatic heterocycles. The smallest absolute Gasteiger partial charge is 0.338 e. The van der Waals surface area contributed by atoms with E-state index in [4.69, 9.17) is 9.47 Å². The lowest BCUT2D eigenvalue weighted by atomic mass is 10.3. The maximum Gasteiger partial charge on any atom is 0.338 e. The van der Waals surface area contributed by atoms with Gasteiger partial charge in [-0.1, -0.05) is 0 Å². The third-order valence-corrected chi connectivity index (χ3v) is 1.42. The van der Waals surface area contributed by atoms with E-state index in [2.05, 4.69) is 0 Å². The molecule has 0 aliphatic rings. The van der Waals surface area contributed by atoms with E-state index in [9.17, 15) is 4.79 Å². The van der Waals surface area contributed by atoms with Crippen molar-refractivity contribution in [2.75, 3.05) is 33.9 Å². The highest BCUT2D eigenvalue weighted by atomic mass is 16.5. The Balaban J connectivity index is 4.30. The first-order chi connectivity index (χ1) is 6.61. The molecule has 82 valence electrons. The van der Waals surface area contributed by atoms with Gasteiger partial charge in [0.25, 0.3) is 0 Å². The fraction of sp³-hybridized carbons (Fsp3) is 0.700. The minimum Gasteiger partial charge on any atom is -0.501 e. The van der Waals surface area contributed by atoms with Gasteiger partial charge in [0, 0.05) is 6.54 Å². The lowest BCUT2D eigenvalue weighted by Crippen LogP contribution is -2.21. The van der Waals surface area contributed by atoms with Gasteiger partial charge in [-0.05, 0) is 27.9 Å². The Morgan fingerprint density at radius 2 is 1.93 bits per heavy atom. The van der Waals surface area contributed by atoms with Crippen molar-refractivity contribution in [1.82, 2.24) is 4.90 Å². The molecule has 0 saturated heterocycles. The van der Waals surface area contributed by atoms with Gasteiger partial charge in [0.1, 0.15) is 0 Å². The topological polar surface area (TPSA) is 38.8 Å². The first-order valence-electron chi connectivity index (χ1n) is 4.74. The fourth-order valence-electron chi connectivity index (χ4n) is 0.898. The van der Waals surface area contributed by atoms with Gasteiger partial charge in [0.2, 0.25) is 0 Å². The zero-order valence-electron chi connectivity index (χ0n) is 9.37. The average Bonchev–Trinajstić information content (AvgIpc) is 2.12. The van der Waals surface area contributed by atoms with E-state index < -0.39 is 0 Å². The number of hydrogen-bond donors (Lipinski definition) is 0. The van der Waals surface area contributed by atoms with E-state index >= 15 is 0 Å². The third-order valence-electron chi connectivity index (χ3n) is 1.42. The molecule has 0 N–H and O–H groups in total. The Labute approximate surface area is 85.5 Å². The lowest BCUT2D eigenvalue weighted by Gasteiger charge is -2.12. The van der Waals surface area contributed by atoms with Crippen LogP contribution in [-0.2, 0) is 14.3 Å². The van der Waals surface area contributed by atoms with Crippen LogP contribution >= 0.6 is 0 Å². The number of esters is 1. The van der Waals surface area contributed by atoms with Crippen LogP contribution in [0.25, 0.3) is 0 Å². The summed E-state index contributed by atoms with van der Waals surface area (Å²) in [4.78, 5) is 13.3. The highest BCUT2D eigenvalue weighted by molar-refractivity contribution is 5.88. The molecular formula is C10H19NO3. The Morgan fingerprint density at radius 1 is 1.29 bits per heavy atom. The normalized spacial score (nSPS) is 11.6. The molecule has 0 atom stereocenters. The summed E-state index contributed by atoms with van der Waals surface area (Å²) in [5.41, 5.74) is 0.540. The number of hydrogen-bond acceptors (Lipinski definition) is 4. The lowest BCUT2D eigenvalue weighted by molar-refractivity contribution is -0.138. The van der Waals surface area contributed by atoms with Gasteiger partial charge in [-0.2, -0.15) is 0 Å². The van der Waals surface area contributed by atoms with Crippen molar-refractivity contribution in [2.24, 2.45) is 0 Å². The maximum atomic E-state index is 11.4. The van der Waals surface area contributed by atoms with E-state index in [1.165, 1.54) is 6.26 Å². The second-order valence-electron chi connectivity index (χ2n) is 3.06. The van der Waals surface area contributed by atoms with Gasteiger partial charge in [0.05, 0.1) is 25.0 Å². The standard InChI is InChI=1S/C10H19NO3/c1-5-13-8-9(7-11(3)4)10(12)14-6-2/h8H,5-7H2,1-4H3/b9-8-. The molecular weight excluding hydrogens is 182 g/mol. The van der Waals surface area contributed by atoms with Crippen LogP contribution in [0, 0.1) is 0 Å². The molecule has 0 rings (SSSR count). The molecule has 0 amide bonds. The predicted molar refractivity (Wildman–Crippen MR) is 54.9 cm³/mol. The summed E-state index contributed by atoms with van der Waals surface area (Å²) < 4.78 is 9.96. The molecule has 0 radical (unpaired) electrons.